The van der Waals surface area contributed by atoms with E-state index in [0.717, 1.165) is 25.8 Å². The van der Waals surface area contributed by atoms with Crippen LogP contribution in [0.2, 0.25) is 0 Å². The van der Waals surface area contributed by atoms with Crippen LogP contribution < -0.4 is 5.32 Å². The van der Waals surface area contributed by atoms with Gasteiger partial charge in [0.1, 0.15) is 0 Å². The van der Waals surface area contributed by atoms with E-state index in [1.54, 1.807) is 0 Å². The Hall–Kier alpha value is -0.570. The average Bonchev–Trinajstić information content (AvgIpc) is 2.30. The maximum absolute atomic E-state index is 9.12. The second kappa shape index (κ2) is 4.09. The molecule has 74 valence electrons. The number of aliphatic hydroxyl groups is 1. The SMILES string of the molecule is OC1CC(NC2=NCCCCC2)C1. The first-order valence-corrected chi connectivity index (χ1v) is 5.32. The van der Waals surface area contributed by atoms with Crippen molar-refractivity contribution in [2.75, 3.05) is 6.54 Å². The van der Waals surface area contributed by atoms with Gasteiger partial charge in [-0.05, 0) is 25.7 Å². The Morgan fingerprint density at radius 2 is 2.08 bits per heavy atom. The van der Waals surface area contributed by atoms with Crippen LogP contribution in [0.5, 0.6) is 0 Å². The number of amidine groups is 1. The van der Waals surface area contributed by atoms with Crippen molar-refractivity contribution in [1.82, 2.24) is 5.32 Å². The highest BCUT2D eigenvalue weighted by atomic mass is 16.3. The Labute approximate surface area is 79.3 Å². The van der Waals surface area contributed by atoms with Gasteiger partial charge in [-0.2, -0.15) is 0 Å². The van der Waals surface area contributed by atoms with Crippen LogP contribution in [0.3, 0.4) is 0 Å². The lowest BCUT2D eigenvalue weighted by molar-refractivity contribution is 0.0697. The normalized spacial score (nSPS) is 34.4. The molecule has 0 aromatic rings. The molecule has 1 aliphatic heterocycles. The molecular weight excluding hydrogens is 164 g/mol. The Morgan fingerprint density at radius 3 is 2.85 bits per heavy atom. The minimum atomic E-state index is -0.0659. The predicted octanol–water partition coefficient (Wildman–Crippen LogP) is 1.07. The molecule has 0 aromatic carbocycles. The van der Waals surface area contributed by atoms with Crippen molar-refractivity contribution < 1.29 is 5.11 Å². The molecule has 0 radical (unpaired) electrons. The Kier molecular flexibility index (Phi) is 2.83. The minimum Gasteiger partial charge on any atom is -0.393 e. The Balaban J connectivity index is 1.76. The van der Waals surface area contributed by atoms with E-state index in [1.165, 1.54) is 25.1 Å². The molecule has 1 fully saturated rings. The molecule has 2 rings (SSSR count). The van der Waals surface area contributed by atoms with Crippen LogP contribution in [0.4, 0.5) is 0 Å². The molecule has 0 amide bonds. The van der Waals surface area contributed by atoms with E-state index in [-0.39, 0.29) is 6.10 Å². The van der Waals surface area contributed by atoms with Crippen molar-refractivity contribution >= 4 is 5.84 Å². The summed E-state index contributed by atoms with van der Waals surface area (Å²) in [6, 6.07) is 0.492. The van der Waals surface area contributed by atoms with E-state index < -0.39 is 0 Å². The molecule has 13 heavy (non-hydrogen) atoms. The fourth-order valence-corrected chi connectivity index (χ4v) is 1.93. The molecule has 3 heteroatoms. The van der Waals surface area contributed by atoms with Crippen LogP contribution in [-0.2, 0) is 0 Å². The zero-order valence-corrected chi connectivity index (χ0v) is 8.00. The van der Waals surface area contributed by atoms with Crippen LogP contribution in [0.15, 0.2) is 4.99 Å². The molecule has 1 saturated carbocycles. The van der Waals surface area contributed by atoms with Gasteiger partial charge < -0.3 is 10.4 Å². The quantitative estimate of drug-likeness (QED) is 0.637. The molecule has 1 aliphatic carbocycles. The van der Waals surface area contributed by atoms with Gasteiger partial charge >= 0.3 is 0 Å². The van der Waals surface area contributed by atoms with Crippen LogP contribution in [0, 0.1) is 0 Å². The van der Waals surface area contributed by atoms with Crippen molar-refractivity contribution in [2.24, 2.45) is 4.99 Å². The first-order chi connectivity index (χ1) is 6.34. The number of hydrogen-bond acceptors (Lipinski definition) is 3. The maximum Gasteiger partial charge on any atom is 0.0965 e. The highest BCUT2D eigenvalue weighted by Crippen LogP contribution is 2.20. The average molecular weight is 182 g/mol. The first-order valence-electron chi connectivity index (χ1n) is 5.32. The molecule has 0 spiro atoms. The minimum absolute atomic E-state index is 0.0659. The summed E-state index contributed by atoms with van der Waals surface area (Å²) in [6.45, 7) is 0.984. The third-order valence-corrected chi connectivity index (χ3v) is 2.86. The number of nitrogens with one attached hydrogen (secondary N) is 1. The molecule has 3 nitrogen and oxygen atoms in total. The summed E-state index contributed by atoms with van der Waals surface area (Å²) in [5, 5.41) is 12.5. The van der Waals surface area contributed by atoms with Crippen molar-refractivity contribution in [3.05, 3.63) is 0 Å². The van der Waals surface area contributed by atoms with Gasteiger partial charge in [-0.15, -0.1) is 0 Å². The molecule has 1 heterocycles. The molecule has 2 aliphatic rings. The largest absolute Gasteiger partial charge is 0.393 e. The third kappa shape index (κ3) is 2.44. The van der Waals surface area contributed by atoms with Crippen molar-refractivity contribution in [2.45, 2.75) is 50.7 Å². The van der Waals surface area contributed by atoms with E-state index in [1.807, 2.05) is 0 Å². The van der Waals surface area contributed by atoms with Gasteiger partial charge in [0.15, 0.2) is 0 Å². The monoisotopic (exact) mass is 182 g/mol. The molecule has 2 N–H and O–H groups in total. The Bertz CT molecular complexity index is 197. The Morgan fingerprint density at radius 1 is 1.23 bits per heavy atom. The van der Waals surface area contributed by atoms with Crippen LogP contribution in [0.25, 0.3) is 0 Å². The highest BCUT2D eigenvalue weighted by molar-refractivity contribution is 5.82. The highest BCUT2D eigenvalue weighted by Gasteiger charge is 2.27. The van der Waals surface area contributed by atoms with Crippen molar-refractivity contribution in [3.63, 3.8) is 0 Å². The molecule has 0 bridgehead atoms. The van der Waals surface area contributed by atoms with E-state index in [9.17, 15) is 0 Å². The fourth-order valence-electron chi connectivity index (χ4n) is 1.93. The van der Waals surface area contributed by atoms with Crippen molar-refractivity contribution in [3.8, 4) is 0 Å². The zero-order valence-electron chi connectivity index (χ0n) is 8.00. The second-order valence-corrected chi connectivity index (χ2v) is 4.11. The fraction of sp³-hybridized carbons (Fsp3) is 0.900. The zero-order chi connectivity index (χ0) is 9.10. The van der Waals surface area contributed by atoms with Crippen LogP contribution >= 0.6 is 0 Å². The van der Waals surface area contributed by atoms with Gasteiger partial charge in [-0.1, -0.05) is 6.42 Å². The van der Waals surface area contributed by atoms with Gasteiger partial charge in [0.25, 0.3) is 0 Å². The van der Waals surface area contributed by atoms with Gasteiger partial charge in [0, 0.05) is 19.0 Å². The molecule has 0 unspecified atom stereocenters. The van der Waals surface area contributed by atoms with Gasteiger partial charge in [0.05, 0.1) is 11.9 Å². The predicted molar refractivity (Wildman–Crippen MR) is 52.9 cm³/mol. The topological polar surface area (TPSA) is 44.6 Å². The summed E-state index contributed by atoms with van der Waals surface area (Å²) in [6.07, 6.45) is 6.65. The number of aliphatic hydroxyl groups excluding tert-OH is 1. The lowest BCUT2D eigenvalue weighted by Crippen LogP contribution is -2.46. The molecular formula is C10H18N2O. The maximum atomic E-state index is 9.12. The van der Waals surface area contributed by atoms with Crippen molar-refractivity contribution in [1.29, 1.82) is 0 Å². The standard InChI is InChI=1S/C10H18N2O/c13-9-6-8(7-9)12-10-4-2-1-3-5-11-10/h8-9,13H,1-7H2,(H,11,12). The van der Waals surface area contributed by atoms with E-state index in [4.69, 9.17) is 5.11 Å². The second-order valence-electron chi connectivity index (χ2n) is 4.11. The van der Waals surface area contributed by atoms with E-state index >= 15 is 0 Å². The number of nitrogens with zero attached hydrogens (tertiary/aromatic N) is 1. The lowest BCUT2D eigenvalue weighted by atomic mass is 9.89. The molecule has 0 saturated heterocycles. The number of hydrogen-bond donors (Lipinski definition) is 2. The molecule has 0 atom stereocenters. The molecule has 0 aromatic heterocycles. The third-order valence-electron chi connectivity index (χ3n) is 2.86. The number of rotatable bonds is 1. The summed E-state index contributed by atoms with van der Waals surface area (Å²) in [4.78, 5) is 4.49. The summed E-state index contributed by atoms with van der Waals surface area (Å²) in [7, 11) is 0. The summed E-state index contributed by atoms with van der Waals surface area (Å²) >= 11 is 0. The van der Waals surface area contributed by atoms with Crippen LogP contribution in [0.1, 0.15) is 38.5 Å². The lowest BCUT2D eigenvalue weighted by Gasteiger charge is -2.33. The number of aliphatic imine (C=N–C) groups is 1. The summed E-state index contributed by atoms with van der Waals surface area (Å²) in [5.74, 6) is 1.18. The van der Waals surface area contributed by atoms with Gasteiger partial charge in [0.2, 0.25) is 0 Å². The summed E-state index contributed by atoms with van der Waals surface area (Å²) < 4.78 is 0. The first kappa shape index (κ1) is 9.00. The smallest absolute Gasteiger partial charge is 0.0965 e. The summed E-state index contributed by atoms with van der Waals surface area (Å²) in [5.41, 5.74) is 0. The van der Waals surface area contributed by atoms with E-state index in [0.29, 0.717) is 6.04 Å². The van der Waals surface area contributed by atoms with Gasteiger partial charge in [-0.25, -0.2) is 0 Å². The van der Waals surface area contributed by atoms with Crippen LogP contribution in [-0.4, -0.2) is 29.6 Å². The van der Waals surface area contributed by atoms with E-state index in [2.05, 4.69) is 10.3 Å². The van der Waals surface area contributed by atoms with Gasteiger partial charge in [-0.3, -0.25) is 4.99 Å².